The van der Waals surface area contributed by atoms with Gasteiger partial charge in [0.15, 0.2) is 0 Å². The maximum atomic E-state index is 11.4. The summed E-state index contributed by atoms with van der Waals surface area (Å²) in [4.78, 5) is 13.6. The van der Waals surface area contributed by atoms with Gasteiger partial charge in [-0.3, -0.25) is 4.79 Å². The minimum atomic E-state index is -0.0996. The lowest BCUT2D eigenvalue weighted by molar-refractivity contribution is -0.143. The minimum Gasteiger partial charge on any atom is -0.466 e. The van der Waals surface area contributed by atoms with Crippen LogP contribution in [0.15, 0.2) is 30.3 Å². The second-order valence-electron chi connectivity index (χ2n) is 4.65. The number of carbonyl (C=O) groups is 1. The summed E-state index contributed by atoms with van der Waals surface area (Å²) in [6.07, 6.45) is 2.29. The number of hydrogen-bond acceptors (Lipinski definition) is 3. The first-order valence-corrected chi connectivity index (χ1v) is 6.49. The summed E-state index contributed by atoms with van der Waals surface area (Å²) < 4.78 is 4.96. The van der Waals surface area contributed by atoms with E-state index in [2.05, 4.69) is 31.1 Å². The molecular formula is C15H23NO2. The van der Waals surface area contributed by atoms with E-state index in [-0.39, 0.29) is 5.97 Å². The zero-order valence-corrected chi connectivity index (χ0v) is 11.6. The third kappa shape index (κ3) is 5.32. The first-order valence-electron chi connectivity index (χ1n) is 6.49. The van der Waals surface area contributed by atoms with Crippen molar-refractivity contribution < 1.29 is 9.53 Å². The third-order valence-electron chi connectivity index (χ3n) is 3.03. The van der Waals surface area contributed by atoms with Gasteiger partial charge in [0.05, 0.1) is 6.61 Å². The van der Waals surface area contributed by atoms with Crippen LogP contribution in [-0.4, -0.2) is 37.6 Å². The van der Waals surface area contributed by atoms with E-state index in [9.17, 15) is 4.79 Å². The molecule has 0 saturated carbocycles. The highest BCUT2D eigenvalue weighted by atomic mass is 16.5. The second-order valence-corrected chi connectivity index (χ2v) is 4.65. The second kappa shape index (κ2) is 7.88. The molecule has 0 aliphatic heterocycles. The Morgan fingerprint density at radius 1 is 1.28 bits per heavy atom. The third-order valence-corrected chi connectivity index (χ3v) is 3.03. The fourth-order valence-electron chi connectivity index (χ4n) is 1.95. The number of nitrogens with zero attached hydrogens (tertiary/aromatic N) is 1. The van der Waals surface area contributed by atoms with E-state index in [4.69, 9.17) is 4.74 Å². The van der Waals surface area contributed by atoms with Crippen LogP contribution in [0, 0.1) is 0 Å². The first kappa shape index (κ1) is 14.7. The summed E-state index contributed by atoms with van der Waals surface area (Å²) in [5.74, 6) is -0.0996. The van der Waals surface area contributed by atoms with Gasteiger partial charge in [-0.1, -0.05) is 30.3 Å². The van der Waals surface area contributed by atoms with Gasteiger partial charge >= 0.3 is 5.97 Å². The van der Waals surface area contributed by atoms with Gasteiger partial charge in [0.2, 0.25) is 0 Å². The molecule has 3 heteroatoms. The van der Waals surface area contributed by atoms with Crippen LogP contribution in [-0.2, 0) is 16.0 Å². The highest BCUT2D eigenvalue weighted by Gasteiger charge is 2.14. The molecule has 0 heterocycles. The van der Waals surface area contributed by atoms with Crippen LogP contribution < -0.4 is 0 Å². The van der Waals surface area contributed by atoms with Crippen LogP contribution in [0.1, 0.15) is 25.3 Å². The summed E-state index contributed by atoms with van der Waals surface area (Å²) in [6, 6.07) is 10.7. The monoisotopic (exact) mass is 249 g/mol. The van der Waals surface area contributed by atoms with E-state index in [0.29, 0.717) is 19.1 Å². The van der Waals surface area contributed by atoms with Crippen LogP contribution in [0.4, 0.5) is 0 Å². The largest absolute Gasteiger partial charge is 0.466 e. The molecule has 1 aromatic carbocycles. The van der Waals surface area contributed by atoms with Crippen molar-refractivity contribution in [2.24, 2.45) is 0 Å². The maximum Gasteiger partial charge on any atom is 0.305 e. The van der Waals surface area contributed by atoms with Gasteiger partial charge in [-0.15, -0.1) is 0 Å². The van der Waals surface area contributed by atoms with Gasteiger partial charge in [-0.2, -0.15) is 0 Å². The molecule has 0 radical (unpaired) electrons. The van der Waals surface area contributed by atoms with Gasteiger partial charge in [0, 0.05) is 12.5 Å². The minimum absolute atomic E-state index is 0.0996. The Hall–Kier alpha value is -1.35. The molecule has 0 aromatic heterocycles. The molecule has 0 unspecified atom stereocenters. The zero-order chi connectivity index (χ0) is 13.4. The molecular weight excluding hydrogens is 226 g/mol. The predicted molar refractivity (Wildman–Crippen MR) is 73.5 cm³/mol. The Morgan fingerprint density at radius 3 is 2.50 bits per heavy atom. The summed E-state index contributed by atoms with van der Waals surface area (Å²) in [7, 11) is 4.11. The molecule has 0 aliphatic rings. The fourth-order valence-corrected chi connectivity index (χ4v) is 1.95. The average Bonchev–Trinajstić information content (AvgIpc) is 2.35. The topological polar surface area (TPSA) is 29.5 Å². The maximum absolute atomic E-state index is 11.4. The molecule has 1 rings (SSSR count). The Labute approximate surface area is 110 Å². The number of likely N-dealkylation sites (N-methyl/N-ethyl adjacent to an activating group) is 1. The molecule has 1 aromatic rings. The molecule has 0 fully saturated rings. The summed E-state index contributed by atoms with van der Waals surface area (Å²) in [5, 5.41) is 0. The quantitative estimate of drug-likeness (QED) is 0.695. The molecule has 0 aliphatic carbocycles. The van der Waals surface area contributed by atoms with Crippen molar-refractivity contribution >= 4 is 5.97 Å². The molecule has 0 N–H and O–H groups in total. The first-order chi connectivity index (χ1) is 8.63. The van der Waals surface area contributed by atoms with E-state index in [1.54, 1.807) is 0 Å². The molecule has 0 spiro atoms. The summed E-state index contributed by atoms with van der Waals surface area (Å²) in [5.41, 5.74) is 1.31. The van der Waals surface area contributed by atoms with Crippen molar-refractivity contribution in [1.82, 2.24) is 4.90 Å². The van der Waals surface area contributed by atoms with Crippen molar-refractivity contribution in [1.29, 1.82) is 0 Å². The van der Waals surface area contributed by atoms with Crippen molar-refractivity contribution in [2.45, 2.75) is 32.2 Å². The van der Waals surface area contributed by atoms with Gasteiger partial charge < -0.3 is 9.64 Å². The lowest BCUT2D eigenvalue weighted by atomic mass is 10.0. The SMILES string of the molecule is CCOC(=O)CC[C@H](Cc1ccccc1)N(C)C. The van der Waals surface area contributed by atoms with E-state index in [0.717, 1.165) is 12.8 Å². The van der Waals surface area contributed by atoms with Crippen LogP contribution >= 0.6 is 0 Å². The molecule has 0 bridgehead atoms. The molecule has 3 nitrogen and oxygen atoms in total. The Kier molecular flexibility index (Phi) is 6.44. The number of hydrogen-bond donors (Lipinski definition) is 0. The summed E-state index contributed by atoms with van der Waals surface area (Å²) >= 11 is 0. The Morgan fingerprint density at radius 2 is 1.94 bits per heavy atom. The van der Waals surface area contributed by atoms with Crippen LogP contribution in [0.3, 0.4) is 0 Å². The normalized spacial score (nSPS) is 12.4. The van der Waals surface area contributed by atoms with Crippen LogP contribution in [0.5, 0.6) is 0 Å². The van der Waals surface area contributed by atoms with E-state index in [1.807, 2.05) is 25.1 Å². The number of rotatable bonds is 7. The molecule has 18 heavy (non-hydrogen) atoms. The summed E-state index contributed by atoms with van der Waals surface area (Å²) in [6.45, 7) is 2.30. The standard InChI is InChI=1S/C15H23NO2/c1-4-18-15(17)11-10-14(16(2)3)12-13-8-6-5-7-9-13/h5-9,14H,4,10-12H2,1-3H3/t14-/m1/s1. The number of ether oxygens (including phenoxy) is 1. The van der Waals surface area contributed by atoms with E-state index in [1.165, 1.54) is 5.56 Å². The lowest BCUT2D eigenvalue weighted by Gasteiger charge is -2.24. The van der Waals surface area contributed by atoms with Gasteiger partial charge in [0.1, 0.15) is 0 Å². The molecule has 0 amide bonds. The lowest BCUT2D eigenvalue weighted by Crippen LogP contribution is -2.30. The van der Waals surface area contributed by atoms with Crippen LogP contribution in [0.25, 0.3) is 0 Å². The number of carbonyl (C=O) groups excluding carboxylic acids is 1. The average molecular weight is 249 g/mol. The zero-order valence-electron chi connectivity index (χ0n) is 11.6. The van der Waals surface area contributed by atoms with E-state index < -0.39 is 0 Å². The van der Waals surface area contributed by atoms with Crippen LogP contribution in [0.2, 0.25) is 0 Å². The van der Waals surface area contributed by atoms with Gasteiger partial charge in [0.25, 0.3) is 0 Å². The van der Waals surface area contributed by atoms with Gasteiger partial charge in [-0.05, 0) is 39.4 Å². The Balaban J connectivity index is 2.48. The van der Waals surface area contributed by atoms with Crippen molar-refractivity contribution in [2.75, 3.05) is 20.7 Å². The van der Waals surface area contributed by atoms with E-state index >= 15 is 0 Å². The fraction of sp³-hybridized carbons (Fsp3) is 0.533. The molecule has 100 valence electrons. The highest BCUT2D eigenvalue weighted by Crippen LogP contribution is 2.12. The number of benzene rings is 1. The van der Waals surface area contributed by atoms with Gasteiger partial charge in [-0.25, -0.2) is 0 Å². The van der Waals surface area contributed by atoms with Crippen molar-refractivity contribution in [3.63, 3.8) is 0 Å². The predicted octanol–water partition coefficient (Wildman–Crippen LogP) is 2.50. The number of esters is 1. The highest BCUT2D eigenvalue weighted by molar-refractivity contribution is 5.69. The van der Waals surface area contributed by atoms with Crippen molar-refractivity contribution in [3.8, 4) is 0 Å². The molecule has 0 saturated heterocycles. The Bertz CT molecular complexity index is 349. The smallest absolute Gasteiger partial charge is 0.305 e. The van der Waals surface area contributed by atoms with Crippen molar-refractivity contribution in [3.05, 3.63) is 35.9 Å². The molecule has 1 atom stereocenters.